The lowest BCUT2D eigenvalue weighted by Crippen LogP contribution is -2.30. The van der Waals surface area contributed by atoms with E-state index in [9.17, 15) is 0 Å². The van der Waals surface area contributed by atoms with E-state index in [0.717, 1.165) is 25.1 Å². The zero-order valence-corrected chi connectivity index (χ0v) is 12.2. The molecule has 0 bridgehead atoms. The van der Waals surface area contributed by atoms with E-state index >= 15 is 0 Å². The summed E-state index contributed by atoms with van der Waals surface area (Å²) in [6.45, 7) is 3.18. The van der Waals surface area contributed by atoms with Crippen molar-refractivity contribution in [3.05, 3.63) is 59.9 Å². The Morgan fingerprint density at radius 1 is 1.15 bits per heavy atom. The number of nitrogens with one attached hydrogen (secondary N) is 1. The summed E-state index contributed by atoms with van der Waals surface area (Å²) in [6, 6.07) is 12.7. The maximum absolute atomic E-state index is 5.39. The molecule has 1 aromatic carbocycles. The molecular formula is C17H22N2O. The van der Waals surface area contributed by atoms with Crippen LogP contribution in [0.25, 0.3) is 0 Å². The molecule has 3 heteroatoms. The summed E-state index contributed by atoms with van der Waals surface area (Å²) in [5.41, 5.74) is 2.57. The molecule has 0 saturated carbocycles. The average molecular weight is 270 g/mol. The normalized spacial score (nSPS) is 12.1. The summed E-state index contributed by atoms with van der Waals surface area (Å²) in [5, 5.41) is 3.55. The van der Waals surface area contributed by atoms with Crippen molar-refractivity contribution in [3.63, 3.8) is 0 Å². The van der Waals surface area contributed by atoms with Gasteiger partial charge in [-0.25, -0.2) is 0 Å². The quantitative estimate of drug-likeness (QED) is 0.840. The van der Waals surface area contributed by atoms with Crippen molar-refractivity contribution >= 4 is 0 Å². The van der Waals surface area contributed by atoms with Crippen LogP contribution in [0.1, 0.15) is 18.1 Å². The minimum atomic E-state index is 0.424. The predicted octanol–water partition coefficient (Wildman–Crippen LogP) is 2.85. The van der Waals surface area contributed by atoms with Crippen LogP contribution < -0.4 is 10.1 Å². The van der Waals surface area contributed by atoms with E-state index in [4.69, 9.17) is 4.74 Å². The molecule has 0 spiro atoms. The van der Waals surface area contributed by atoms with Gasteiger partial charge in [-0.05, 0) is 55.6 Å². The van der Waals surface area contributed by atoms with Gasteiger partial charge in [0.25, 0.3) is 0 Å². The fraction of sp³-hybridized carbons (Fsp3) is 0.353. The third-order valence-electron chi connectivity index (χ3n) is 3.37. The van der Waals surface area contributed by atoms with Crippen LogP contribution in [0.15, 0.2) is 48.8 Å². The Morgan fingerprint density at radius 3 is 2.65 bits per heavy atom. The highest BCUT2D eigenvalue weighted by molar-refractivity contribution is 5.33. The predicted molar refractivity (Wildman–Crippen MR) is 82.1 cm³/mol. The van der Waals surface area contributed by atoms with Crippen LogP contribution in [0.4, 0.5) is 0 Å². The Hall–Kier alpha value is -1.87. The molecule has 0 fully saturated rings. The van der Waals surface area contributed by atoms with Gasteiger partial charge in [0.1, 0.15) is 5.75 Å². The third kappa shape index (κ3) is 4.35. The zero-order chi connectivity index (χ0) is 14.2. The molecule has 1 unspecified atom stereocenters. The number of hydrogen-bond donors (Lipinski definition) is 1. The number of hydrogen-bond acceptors (Lipinski definition) is 3. The van der Waals surface area contributed by atoms with Gasteiger partial charge in [-0.15, -0.1) is 0 Å². The van der Waals surface area contributed by atoms with E-state index in [2.05, 4.69) is 41.5 Å². The van der Waals surface area contributed by atoms with Crippen molar-refractivity contribution in [2.24, 2.45) is 0 Å². The van der Waals surface area contributed by atoms with Gasteiger partial charge in [0.2, 0.25) is 0 Å². The molecule has 0 radical (unpaired) electrons. The minimum Gasteiger partial charge on any atom is -0.496 e. The van der Waals surface area contributed by atoms with Crippen molar-refractivity contribution in [1.82, 2.24) is 10.3 Å². The summed E-state index contributed by atoms with van der Waals surface area (Å²) in [5.74, 6) is 0.968. The molecule has 0 saturated heterocycles. The summed E-state index contributed by atoms with van der Waals surface area (Å²) in [4.78, 5) is 4.03. The first-order chi connectivity index (χ1) is 9.79. The fourth-order valence-electron chi connectivity index (χ4n) is 2.29. The van der Waals surface area contributed by atoms with E-state index in [1.165, 1.54) is 11.1 Å². The van der Waals surface area contributed by atoms with Crippen LogP contribution in [-0.2, 0) is 12.8 Å². The van der Waals surface area contributed by atoms with Crippen molar-refractivity contribution in [3.8, 4) is 5.75 Å². The Balaban J connectivity index is 1.79. The van der Waals surface area contributed by atoms with Crippen LogP contribution in [0.3, 0.4) is 0 Å². The van der Waals surface area contributed by atoms with Gasteiger partial charge < -0.3 is 10.1 Å². The maximum atomic E-state index is 5.39. The molecule has 1 atom stereocenters. The lowest BCUT2D eigenvalue weighted by Gasteiger charge is -2.15. The lowest BCUT2D eigenvalue weighted by atomic mass is 10.1. The highest BCUT2D eigenvalue weighted by Crippen LogP contribution is 2.18. The van der Waals surface area contributed by atoms with Crippen molar-refractivity contribution in [2.75, 3.05) is 13.7 Å². The van der Waals surface area contributed by atoms with Gasteiger partial charge >= 0.3 is 0 Å². The molecule has 1 heterocycles. The number of rotatable bonds is 7. The minimum absolute atomic E-state index is 0.424. The largest absolute Gasteiger partial charge is 0.496 e. The standard InChI is InChI=1S/C17H22N2O/c1-14(13-16-5-3-4-6-17(16)20-2)19-12-9-15-7-10-18-11-8-15/h3-8,10-11,14,19H,9,12-13H2,1-2H3. The van der Waals surface area contributed by atoms with Gasteiger partial charge in [-0.2, -0.15) is 0 Å². The third-order valence-corrected chi connectivity index (χ3v) is 3.37. The molecule has 0 aliphatic heterocycles. The summed E-state index contributed by atoms with van der Waals surface area (Å²) in [6.07, 6.45) is 5.68. The Morgan fingerprint density at radius 2 is 1.90 bits per heavy atom. The summed E-state index contributed by atoms with van der Waals surface area (Å²) < 4.78 is 5.39. The van der Waals surface area contributed by atoms with Gasteiger partial charge in [0.15, 0.2) is 0 Å². The van der Waals surface area contributed by atoms with Crippen LogP contribution in [0, 0.1) is 0 Å². The van der Waals surface area contributed by atoms with Gasteiger partial charge in [-0.3, -0.25) is 4.98 Å². The van der Waals surface area contributed by atoms with Crippen LogP contribution in [0.5, 0.6) is 5.75 Å². The van der Waals surface area contributed by atoms with E-state index in [1.807, 2.05) is 24.5 Å². The highest BCUT2D eigenvalue weighted by atomic mass is 16.5. The first kappa shape index (κ1) is 14.5. The van der Waals surface area contributed by atoms with Gasteiger partial charge in [-0.1, -0.05) is 18.2 Å². The Labute approximate surface area is 121 Å². The molecule has 2 rings (SSSR count). The molecule has 0 aliphatic rings. The van der Waals surface area contributed by atoms with E-state index in [1.54, 1.807) is 7.11 Å². The lowest BCUT2D eigenvalue weighted by molar-refractivity contribution is 0.406. The molecular weight excluding hydrogens is 248 g/mol. The van der Waals surface area contributed by atoms with E-state index in [0.29, 0.717) is 6.04 Å². The Bertz CT molecular complexity index is 513. The van der Waals surface area contributed by atoms with Crippen LogP contribution in [0.2, 0.25) is 0 Å². The average Bonchev–Trinajstić information content (AvgIpc) is 2.49. The summed E-state index contributed by atoms with van der Waals surface area (Å²) in [7, 11) is 1.72. The van der Waals surface area contributed by atoms with Gasteiger partial charge in [0, 0.05) is 18.4 Å². The number of aromatic nitrogens is 1. The number of nitrogens with zero attached hydrogens (tertiary/aromatic N) is 1. The van der Waals surface area contributed by atoms with E-state index < -0.39 is 0 Å². The fourth-order valence-corrected chi connectivity index (χ4v) is 2.29. The van der Waals surface area contributed by atoms with Crippen molar-refractivity contribution in [2.45, 2.75) is 25.8 Å². The molecule has 1 aromatic heterocycles. The highest BCUT2D eigenvalue weighted by Gasteiger charge is 2.07. The topological polar surface area (TPSA) is 34.1 Å². The van der Waals surface area contributed by atoms with Crippen molar-refractivity contribution < 1.29 is 4.74 Å². The SMILES string of the molecule is COc1ccccc1CC(C)NCCc1ccncc1. The number of pyridine rings is 1. The number of ether oxygens (including phenoxy) is 1. The second-order valence-electron chi connectivity index (χ2n) is 4.98. The second kappa shape index (κ2) is 7.65. The first-order valence-electron chi connectivity index (χ1n) is 7.04. The molecule has 1 N–H and O–H groups in total. The monoisotopic (exact) mass is 270 g/mol. The molecule has 2 aromatic rings. The van der Waals surface area contributed by atoms with Crippen LogP contribution in [-0.4, -0.2) is 24.7 Å². The molecule has 20 heavy (non-hydrogen) atoms. The molecule has 0 amide bonds. The number of methoxy groups -OCH3 is 1. The van der Waals surface area contributed by atoms with E-state index in [-0.39, 0.29) is 0 Å². The second-order valence-corrected chi connectivity index (χ2v) is 4.98. The zero-order valence-electron chi connectivity index (χ0n) is 12.2. The molecule has 3 nitrogen and oxygen atoms in total. The maximum Gasteiger partial charge on any atom is 0.122 e. The molecule has 0 aliphatic carbocycles. The smallest absolute Gasteiger partial charge is 0.122 e. The number of para-hydroxylation sites is 1. The summed E-state index contributed by atoms with van der Waals surface area (Å²) >= 11 is 0. The Kier molecular flexibility index (Phi) is 5.56. The van der Waals surface area contributed by atoms with Crippen LogP contribution >= 0.6 is 0 Å². The number of benzene rings is 1. The first-order valence-corrected chi connectivity index (χ1v) is 7.04. The van der Waals surface area contributed by atoms with Crippen molar-refractivity contribution in [1.29, 1.82) is 0 Å². The molecule has 106 valence electrons. The van der Waals surface area contributed by atoms with Gasteiger partial charge in [0.05, 0.1) is 7.11 Å².